The molecule has 2 aromatic heterocycles. The number of benzene rings is 10. The third-order valence-corrected chi connectivity index (χ3v) is 12.2. The van der Waals surface area contributed by atoms with Gasteiger partial charge in [-0.2, -0.15) is 0 Å². The molecule has 0 fully saturated rings. The van der Waals surface area contributed by atoms with E-state index in [1.54, 1.807) is 0 Å². The Bertz CT molecular complexity index is 3520. The van der Waals surface area contributed by atoms with E-state index in [1.165, 1.54) is 49.4 Å². The molecule has 0 aliphatic rings. The van der Waals surface area contributed by atoms with E-state index in [2.05, 4.69) is 240 Å². The molecule has 0 bridgehead atoms. The number of aromatic nitrogens is 1. The van der Waals surface area contributed by atoms with E-state index in [1.807, 2.05) is 0 Å². The molecule has 10 aromatic carbocycles. The molecule has 286 valence electrons. The first-order valence-electron chi connectivity index (χ1n) is 20.8. The minimum Gasteiger partial charge on any atom is -0.455 e. The van der Waals surface area contributed by atoms with E-state index in [9.17, 15) is 0 Å². The Morgan fingerprint density at radius 2 is 0.820 bits per heavy atom. The van der Waals surface area contributed by atoms with Crippen molar-refractivity contribution in [3.63, 3.8) is 0 Å². The van der Waals surface area contributed by atoms with E-state index < -0.39 is 0 Å². The number of para-hydroxylation sites is 2. The molecule has 61 heavy (non-hydrogen) atoms. The lowest BCUT2D eigenvalue weighted by Crippen LogP contribution is -2.09. The van der Waals surface area contributed by atoms with Gasteiger partial charge in [0.2, 0.25) is 0 Å². The summed E-state index contributed by atoms with van der Waals surface area (Å²) >= 11 is 0. The summed E-state index contributed by atoms with van der Waals surface area (Å²) < 4.78 is 9.07. The first kappa shape index (κ1) is 34.9. The fourth-order valence-electron chi connectivity index (χ4n) is 9.22. The summed E-state index contributed by atoms with van der Waals surface area (Å²) in [4.78, 5) is 2.33. The lowest BCUT2D eigenvalue weighted by atomic mass is 9.99. The van der Waals surface area contributed by atoms with E-state index in [-0.39, 0.29) is 0 Å². The molecule has 12 aromatic rings. The van der Waals surface area contributed by atoms with Gasteiger partial charge in [-0.1, -0.05) is 152 Å². The Labute approximate surface area is 353 Å². The Hall–Kier alpha value is -8.14. The van der Waals surface area contributed by atoms with Crippen molar-refractivity contribution in [2.24, 2.45) is 0 Å². The highest BCUT2D eigenvalue weighted by Gasteiger charge is 2.18. The van der Waals surface area contributed by atoms with Crippen molar-refractivity contribution >= 4 is 71.6 Å². The molecule has 3 nitrogen and oxygen atoms in total. The smallest absolute Gasteiger partial charge is 0.143 e. The molecule has 0 unspecified atom stereocenters. The van der Waals surface area contributed by atoms with Crippen LogP contribution in [0, 0.1) is 0 Å². The molecule has 0 radical (unpaired) electrons. The fourth-order valence-corrected chi connectivity index (χ4v) is 9.22. The molecule has 12 rings (SSSR count). The van der Waals surface area contributed by atoms with Crippen LogP contribution in [0.3, 0.4) is 0 Å². The van der Waals surface area contributed by atoms with Gasteiger partial charge in [0.25, 0.3) is 0 Å². The molecule has 0 spiro atoms. The van der Waals surface area contributed by atoms with Crippen LogP contribution in [-0.2, 0) is 0 Å². The maximum atomic E-state index is 6.70. The number of fused-ring (bicyclic) bond motifs is 8. The lowest BCUT2D eigenvalue weighted by Gasteiger charge is -2.26. The van der Waals surface area contributed by atoms with Gasteiger partial charge in [-0.3, -0.25) is 0 Å². The van der Waals surface area contributed by atoms with Crippen molar-refractivity contribution in [1.82, 2.24) is 4.57 Å². The fraction of sp³-hybridized carbons (Fsp3) is 0. The van der Waals surface area contributed by atoms with Gasteiger partial charge in [-0.05, 0) is 112 Å². The monoisotopic (exact) mass is 778 g/mol. The predicted molar refractivity (Wildman–Crippen MR) is 257 cm³/mol. The normalized spacial score (nSPS) is 11.6. The average molecular weight is 779 g/mol. The van der Waals surface area contributed by atoms with E-state index in [0.29, 0.717) is 0 Å². The first-order valence-corrected chi connectivity index (χ1v) is 20.8. The SMILES string of the molecule is c1ccc(-c2cccc(-c3ccc(N(c4ccc(-c5cccc(-n6c7ccccc7c7ccccc76)c5)cc4)c4ccc5c(c4)oc4c6ccccc6ccc54)cc3)c2)cc1. The number of hydrogen-bond acceptors (Lipinski definition) is 2. The molecule has 0 aliphatic heterocycles. The molecular formula is C58H38N2O. The van der Waals surface area contributed by atoms with Crippen LogP contribution in [-0.4, -0.2) is 4.57 Å². The van der Waals surface area contributed by atoms with Crippen molar-refractivity contribution in [3.8, 4) is 39.1 Å². The second-order valence-electron chi connectivity index (χ2n) is 15.7. The maximum Gasteiger partial charge on any atom is 0.143 e. The molecule has 0 saturated carbocycles. The third-order valence-electron chi connectivity index (χ3n) is 12.2. The number of hydrogen-bond donors (Lipinski definition) is 0. The summed E-state index contributed by atoms with van der Waals surface area (Å²) in [5.41, 5.74) is 15.6. The van der Waals surface area contributed by atoms with Crippen LogP contribution in [0.1, 0.15) is 0 Å². The van der Waals surface area contributed by atoms with E-state index in [4.69, 9.17) is 4.42 Å². The molecule has 3 heteroatoms. The van der Waals surface area contributed by atoms with E-state index >= 15 is 0 Å². The molecule has 0 amide bonds. The van der Waals surface area contributed by atoms with Gasteiger partial charge in [-0.15, -0.1) is 0 Å². The Morgan fingerprint density at radius 1 is 0.311 bits per heavy atom. The second-order valence-corrected chi connectivity index (χ2v) is 15.7. The Morgan fingerprint density at radius 3 is 1.49 bits per heavy atom. The Balaban J connectivity index is 0.948. The highest BCUT2D eigenvalue weighted by molar-refractivity contribution is 6.15. The van der Waals surface area contributed by atoms with Crippen LogP contribution in [0.25, 0.3) is 93.6 Å². The van der Waals surface area contributed by atoms with Crippen LogP contribution in [0.2, 0.25) is 0 Å². The van der Waals surface area contributed by atoms with Gasteiger partial charge < -0.3 is 13.9 Å². The van der Waals surface area contributed by atoms with Gasteiger partial charge >= 0.3 is 0 Å². The summed E-state index contributed by atoms with van der Waals surface area (Å²) in [6, 6.07) is 82.8. The van der Waals surface area contributed by atoms with Gasteiger partial charge in [0.15, 0.2) is 0 Å². The number of anilines is 3. The molecule has 0 aliphatic carbocycles. The summed E-state index contributed by atoms with van der Waals surface area (Å²) in [6.07, 6.45) is 0. The van der Waals surface area contributed by atoms with Gasteiger partial charge in [0.1, 0.15) is 11.2 Å². The van der Waals surface area contributed by atoms with Crippen LogP contribution in [0.5, 0.6) is 0 Å². The van der Waals surface area contributed by atoms with Crippen molar-refractivity contribution < 1.29 is 4.42 Å². The number of furan rings is 1. The predicted octanol–water partition coefficient (Wildman–Crippen LogP) is 16.3. The van der Waals surface area contributed by atoms with Crippen molar-refractivity contribution in [1.29, 1.82) is 0 Å². The molecule has 0 atom stereocenters. The average Bonchev–Trinajstić information content (AvgIpc) is 3.88. The summed E-state index contributed by atoms with van der Waals surface area (Å²) in [5.74, 6) is 0. The van der Waals surface area contributed by atoms with Crippen molar-refractivity contribution in [3.05, 3.63) is 231 Å². The Kier molecular flexibility index (Phi) is 8.17. The highest BCUT2D eigenvalue weighted by atomic mass is 16.3. The summed E-state index contributed by atoms with van der Waals surface area (Å²) in [6.45, 7) is 0. The molecule has 0 N–H and O–H groups in total. The van der Waals surface area contributed by atoms with Crippen LogP contribution in [0.15, 0.2) is 235 Å². The zero-order valence-corrected chi connectivity index (χ0v) is 33.2. The molecule has 0 saturated heterocycles. The van der Waals surface area contributed by atoms with Crippen molar-refractivity contribution in [2.45, 2.75) is 0 Å². The standard InChI is InChI=1S/C58H38N2O/c1-2-12-39(13-3-1)43-15-10-16-44(36-43)40-24-29-46(30-25-40)59(49-33-35-53-54-34-28-42-14-4-5-19-50(42)58(54)61-57(53)38-49)47-31-26-41(27-32-47)45-17-11-18-48(37-45)60-55-22-8-6-20-51(55)52-21-7-9-23-56(52)60/h1-38H. The third kappa shape index (κ3) is 5.98. The molecular weight excluding hydrogens is 741 g/mol. The maximum absolute atomic E-state index is 6.70. The second kappa shape index (κ2) is 14.3. The van der Waals surface area contributed by atoms with Gasteiger partial charge in [0.05, 0.1) is 11.0 Å². The quantitative estimate of drug-likeness (QED) is 0.161. The summed E-state index contributed by atoms with van der Waals surface area (Å²) in [7, 11) is 0. The lowest BCUT2D eigenvalue weighted by molar-refractivity contribution is 0.672. The molecule has 2 heterocycles. The van der Waals surface area contributed by atoms with Crippen LogP contribution < -0.4 is 4.90 Å². The minimum absolute atomic E-state index is 0.863. The number of nitrogens with zero attached hydrogens (tertiary/aromatic N) is 2. The largest absolute Gasteiger partial charge is 0.455 e. The topological polar surface area (TPSA) is 21.3 Å². The zero-order valence-electron chi connectivity index (χ0n) is 33.2. The summed E-state index contributed by atoms with van der Waals surface area (Å²) in [5, 5.41) is 7.05. The van der Waals surface area contributed by atoms with Crippen molar-refractivity contribution in [2.75, 3.05) is 4.90 Å². The number of rotatable bonds is 7. The van der Waals surface area contributed by atoms with Gasteiger partial charge in [-0.25, -0.2) is 0 Å². The van der Waals surface area contributed by atoms with Crippen LogP contribution in [0.4, 0.5) is 17.1 Å². The van der Waals surface area contributed by atoms with Crippen LogP contribution >= 0.6 is 0 Å². The first-order chi connectivity index (χ1) is 30.2. The van der Waals surface area contributed by atoms with E-state index in [0.717, 1.165) is 61.2 Å². The van der Waals surface area contributed by atoms with Gasteiger partial charge in [0, 0.05) is 55.7 Å². The zero-order chi connectivity index (χ0) is 40.3. The highest BCUT2D eigenvalue weighted by Crippen LogP contribution is 2.42. The minimum atomic E-state index is 0.863.